The molecule has 2 aliphatic heterocycles. The Balaban J connectivity index is 1.66. The molecule has 1 aromatic heterocycles. The fraction of sp³-hybridized carbons (Fsp3) is 0.250. The van der Waals surface area contributed by atoms with Crippen LogP contribution in [0.2, 0.25) is 5.02 Å². The summed E-state index contributed by atoms with van der Waals surface area (Å²) in [6.45, 7) is 0.803. The second-order valence-electron chi connectivity index (χ2n) is 6.51. The minimum Gasteiger partial charge on any atom is -0.378 e. The number of hydrogen-bond donors (Lipinski definition) is 1. The zero-order valence-electron chi connectivity index (χ0n) is 13.1. The van der Waals surface area contributed by atoms with Crippen molar-refractivity contribution in [3.8, 4) is 0 Å². The van der Waals surface area contributed by atoms with Gasteiger partial charge in [0.2, 0.25) is 0 Å². The first-order chi connectivity index (χ1) is 11.8. The first-order valence-electron chi connectivity index (χ1n) is 8.32. The molecule has 0 bridgehead atoms. The third kappa shape index (κ3) is 2.12. The third-order valence-corrected chi connectivity index (χ3v) is 5.47. The summed E-state index contributed by atoms with van der Waals surface area (Å²) in [5.74, 6) is 0.421. The van der Waals surface area contributed by atoms with E-state index in [1.165, 1.54) is 16.5 Å². The summed E-state index contributed by atoms with van der Waals surface area (Å²) in [5.41, 5.74) is 4.70. The minimum atomic E-state index is 0.120. The third-order valence-electron chi connectivity index (χ3n) is 5.22. The standard InChI is InChI=1S/C20H17ClN2O/c21-13-5-3-12(4-6-13)19-15-9-11-24-20(15)18-14-2-1-10-22-16(14)7-8-17(18)23-19/h1-8,10,15,19-20,23H,9,11H2/t15-,19-,20-/m1/s1. The quantitative estimate of drug-likeness (QED) is 0.668. The van der Waals surface area contributed by atoms with Gasteiger partial charge in [-0.2, -0.15) is 0 Å². The Hall–Kier alpha value is -2.10. The van der Waals surface area contributed by atoms with Gasteiger partial charge in [-0.1, -0.05) is 29.8 Å². The largest absolute Gasteiger partial charge is 0.378 e. The Labute approximate surface area is 145 Å². The topological polar surface area (TPSA) is 34.2 Å². The Morgan fingerprint density at radius 2 is 1.96 bits per heavy atom. The predicted molar refractivity (Wildman–Crippen MR) is 96.4 cm³/mol. The predicted octanol–water partition coefficient (Wildman–Crippen LogP) is 5.13. The molecule has 0 aliphatic carbocycles. The van der Waals surface area contributed by atoms with Crippen LogP contribution >= 0.6 is 11.6 Å². The molecule has 5 rings (SSSR count). The van der Waals surface area contributed by atoms with Crippen molar-refractivity contribution in [3.05, 3.63) is 70.9 Å². The van der Waals surface area contributed by atoms with Crippen LogP contribution in [0.25, 0.3) is 10.9 Å². The van der Waals surface area contributed by atoms with Crippen LogP contribution in [0.3, 0.4) is 0 Å². The molecule has 120 valence electrons. The monoisotopic (exact) mass is 336 g/mol. The van der Waals surface area contributed by atoms with Gasteiger partial charge in [0.15, 0.2) is 0 Å². The normalized spacial score (nSPS) is 25.1. The van der Waals surface area contributed by atoms with Gasteiger partial charge in [-0.05, 0) is 42.3 Å². The highest BCUT2D eigenvalue weighted by atomic mass is 35.5. The number of nitrogens with one attached hydrogen (secondary N) is 1. The highest BCUT2D eigenvalue weighted by Crippen LogP contribution is 2.51. The van der Waals surface area contributed by atoms with Crippen LogP contribution in [0, 0.1) is 5.92 Å². The highest BCUT2D eigenvalue weighted by molar-refractivity contribution is 6.30. The summed E-state index contributed by atoms with van der Waals surface area (Å²) in [6, 6.07) is 16.7. The summed E-state index contributed by atoms with van der Waals surface area (Å²) in [5, 5.41) is 5.70. The van der Waals surface area contributed by atoms with Crippen LogP contribution in [-0.4, -0.2) is 11.6 Å². The molecular weight excluding hydrogens is 320 g/mol. The first kappa shape index (κ1) is 14.3. The average molecular weight is 337 g/mol. The van der Waals surface area contributed by atoms with Gasteiger partial charge >= 0.3 is 0 Å². The van der Waals surface area contributed by atoms with E-state index in [2.05, 4.69) is 40.6 Å². The maximum Gasteiger partial charge on any atom is 0.0903 e. The molecule has 3 aromatic rings. The molecular formula is C20H17ClN2O. The lowest BCUT2D eigenvalue weighted by atomic mass is 9.80. The van der Waals surface area contributed by atoms with Crippen LogP contribution < -0.4 is 5.32 Å². The molecule has 0 amide bonds. The molecule has 3 heterocycles. The van der Waals surface area contributed by atoms with Crippen LogP contribution in [-0.2, 0) is 4.74 Å². The summed E-state index contributed by atoms with van der Waals surface area (Å²) in [7, 11) is 0. The molecule has 0 saturated carbocycles. The van der Waals surface area contributed by atoms with E-state index in [1.807, 2.05) is 24.4 Å². The molecule has 0 unspecified atom stereocenters. The summed E-state index contributed by atoms with van der Waals surface area (Å²) >= 11 is 6.06. The van der Waals surface area contributed by atoms with Crippen LogP contribution in [0.15, 0.2) is 54.7 Å². The molecule has 1 saturated heterocycles. The summed E-state index contributed by atoms with van der Waals surface area (Å²) < 4.78 is 6.17. The molecule has 4 heteroatoms. The number of aromatic nitrogens is 1. The molecule has 2 aliphatic rings. The molecule has 1 N–H and O–H groups in total. The van der Waals surface area contributed by atoms with Gasteiger partial charge in [0.1, 0.15) is 0 Å². The van der Waals surface area contributed by atoms with Crippen molar-refractivity contribution in [2.24, 2.45) is 5.92 Å². The van der Waals surface area contributed by atoms with Crippen molar-refractivity contribution in [2.75, 3.05) is 11.9 Å². The second kappa shape index (κ2) is 5.47. The summed E-state index contributed by atoms with van der Waals surface area (Å²) in [4.78, 5) is 4.49. The number of pyridine rings is 1. The maximum atomic E-state index is 6.17. The summed E-state index contributed by atoms with van der Waals surface area (Å²) in [6.07, 6.45) is 3.02. The molecule has 2 aromatic carbocycles. The number of fused-ring (bicyclic) bond motifs is 5. The number of halogens is 1. The fourth-order valence-electron chi connectivity index (χ4n) is 4.13. The highest BCUT2D eigenvalue weighted by Gasteiger charge is 2.42. The minimum absolute atomic E-state index is 0.120. The van der Waals surface area contributed by atoms with Crippen molar-refractivity contribution in [2.45, 2.75) is 18.6 Å². The van der Waals surface area contributed by atoms with E-state index in [1.54, 1.807) is 0 Å². The van der Waals surface area contributed by atoms with Gasteiger partial charge in [0.25, 0.3) is 0 Å². The second-order valence-corrected chi connectivity index (χ2v) is 6.95. The fourth-order valence-corrected chi connectivity index (χ4v) is 4.25. The molecule has 3 nitrogen and oxygen atoms in total. The first-order valence-corrected chi connectivity index (χ1v) is 8.70. The van der Waals surface area contributed by atoms with Crippen LogP contribution in [0.4, 0.5) is 5.69 Å². The molecule has 0 radical (unpaired) electrons. The van der Waals surface area contributed by atoms with E-state index in [0.29, 0.717) is 5.92 Å². The molecule has 24 heavy (non-hydrogen) atoms. The lowest BCUT2D eigenvalue weighted by Crippen LogP contribution is -2.29. The van der Waals surface area contributed by atoms with Gasteiger partial charge < -0.3 is 10.1 Å². The van der Waals surface area contributed by atoms with Gasteiger partial charge in [-0.25, -0.2) is 0 Å². The van der Waals surface area contributed by atoms with E-state index in [0.717, 1.165) is 29.3 Å². The van der Waals surface area contributed by atoms with E-state index in [4.69, 9.17) is 16.3 Å². The van der Waals surface area contributed by atoms with Crippen LogP contribution in [0.1, 0.15) is 29.7 Å². The smallest absolute Gasteiger partial charge is 0.0903 e. The van der Waals surface area contributed by atoms with Gasteiger partial charge in [-0.15, -0.1) is 0 Å². The zero-order chi connectivity index (χ0) is 16.1. The number of benzene rings is 2. The van der Waals surface area contributed by atoms with Gasteiger partial charge in [0, 0.05) is 40.4 Å². The van der Waals surface area contributed by atoms with E-state index < -0.39 is 0 Å². The number of anilines is 1. The van der Waals surface area contributed by atoms with E-state index in [-0.39, 0.29) is 12.1 Å². The van der Waals surface area contributed by atoms with Crippen LogP contribution in [0.5, 0.6) is 0 Å². The maximum absolute atomic E-state index is 6.17. The molecule has 3 atom stereocenters. The Morgan fingerprint density at radius 1 is 1.08 bits per heavy atom. The lowest BCUT2D eigenvalue weighted by Gasteiger charge is -2.37. The number of rotatable bonds is 1. The van der Waals surface area contributed by atoms with Crippen molar-refractivity contribution in [3.63, 3.8) is 0 Å². The number of ether oxygens (including phenoxy) is 1. The van der Waals surface area contributed by atoms with E-state index in [9.17, 15) is 0 Å². The number of hydrogen-bond acceptors (Lipinski definition) is 3. The van der Waals surface area contributed by atoms with E-state index >= 15 is 0 Å². The Morgan fingerprint density at radius 3 is 2.83 bits per heavy atom. The molecule has 1 fully saturated rings. The Kier molecular flexibility index (Phi) is 3.25. The zero-order valence-corrected chi connectivity index (χ0v) is 13.8. The van der Waals surface area contributed by atoms with Crippen molar-refractivity contribution in [1.82, 2.24) is 4.98 Å². The Bertz CT molecular complexity index is 909. The van der Waals surface area contributed by atoms with Crippen molar-refractivity contribution < 1.29 is 4.74 Å². The number of nitrogens with zero attached hydrogens (tertiary/aromatic N) is 1. The van der Waals surface area contributed by atoms with Crippen molar-refractivity contribution >= 4 is 28.2 Å². The SMILES string of the molecule is Clc1ccc([C@H]2Nc3ccc4ncccc4c3[C@@H]3OCC[C@H]23)cc1. The lowest BCUT2D eigenvalue weighted by molar-refractivity contribution is 0.0841. The molecule has 0 spiro atoms. The average Bonchev–Trinajstić information content (AvgIpc) is 3.11. The van der Waals surface area contributed by atoms with Gasteiger partial charge in [0.05, 0.1) is 17.7 Å². The van der Waals surface area contributed by atoms with Gasteiger partial charge in [-0.3, -0.25) is 4.98 Å². The van der Waals surface area contributed by atoms with Crippen molar-refractivity contribution in [1.29, 1.82) is 0 Å².